The minimum Gasteiger partial charge on any atom is -0.487 e. The lowest BCUT2D eigenvalue weighted by Crippen LogP contribution is -2.42. The average Bonchev–Trinajstić information content (AvgIpc) is 3.09. The zero-order chi connectivity index (χ0) is 20.4. The number of ether oxygens (including phenoxy) is 2. The van der Waals surface area contributed by atoms with E-state index in [1.54, 1.807) is 4.68 Å². The van der Waals surface area contributed by atoms with Crippen molar-refractivity contribution in [3.63, 3.8) is 0 Å². The van der Waals surface area contributed by atoms with E-state index in [2.05, 4.69) is 31.8 Å². The molecule has 2 aliphatic rings. The molecule has 2 aliphatic heterocycles. The molecule has 29 heavy (non-hydrogen) atoms. The molecule has 3 heterocycles. The summed E-state index contributed by atoms with van der Waals surface area (Å²) in [6.45, 7) is 9.91. The number of nitrogens with one attached hydrogen (secondary N) is 1. The maximum Gasteiger partial charge on any atom is 0.242 e. The van der Waals surface area contributed by atoms with E-state index >= 15 is 0 Å². The molecule has 1 unspecified atom stereocenters. The van der Waals surface area contributed by atoms with Crippen molar-refractivity contribution in [2.75, 3.05) is 26.3 Å². The first-order chi connectivity index (χ1) is 13.9. The molecule has 0 bridgehead atoms. The van der Waals surface area contributed by atoms with Crippen LogP contribution < -0.4 is 10.1 Å². The molecule has 1 aromatic heterocycles. The van der Waals surface area contributed by atoms with Gasteiger partial charge in [0, 0.05) is 25.1 Å². The number of morpholine rings is 1. The number of amides is 1. The molecule has 1 fully saturated rings. The van der Waals surface area contributed by atoms with Gasteiger partial charge in [-0.25, -0.2) is 4.68 Å². The monoisotopic (exact) mass is 400 g/mol. The lowest BCUT2D eigenvalue weighted by Gasteiger charge is -2.38. The van der Waals surface area contributed by atoms with Gasteiger partial charge in [0.15, 0.2) is 5.82 Å². The molecule has 1 aromatic carbocycles. The zero-order valence-electron chi connectivity index (χ0n) is 17.2. The number of carbonyl (C=O) groups is 1. The van der Waals surface area contributed by atoms with Crippen molar-refractivity contribution in [2.24, 2.45) is 0 Å². The van der Waals surface area contributed by atoms with Crippen LogP contribution in [0, 0.1) is 6.92 Å². The third kappa shape index (κ3) is 4.73. The second-order valence-corrected chi connectivity index (χ2v) is 8.37. The van der Waals surface area contributed by atoms with Gasteiger partial charge in [0.25, 0.3) is 0 Å². The Morgan fingerprint density at radius 1 is 1.31 bits per heavy atom. The Balaban J connectivity index is 1.44. The number of carbonyl (C=O) groups excluding carboxylic acids is 1. The van der Waals surface area contributed by atoms with Crippen molar-refractivity contribution in [1.82, 2.24) is 30.4 Å². The van der Waals surface area contributed by atoms with Gasteiger partial charge in [0.1, 0.15) is 17.9 Å². The molecule has 0 saturated carbocycles. The molecule has 1 amide bonds. The molecule has 1 N–H and O–H groups in total. The van der Waals surface area contributed by atoms with E-state index in [9.17, 15) is 4.79 Å². The third-order valence-corrected chi connectivity index (χ3v) is 5.33. The molecule has 156 valence electrons. The summed E-state index contributed by atoms with van der Waals surface area (Å²) in [6, 6.07) is 5.97. The fourth-order valence-electron chi connectivity index (χ4n) is 3.90. The van der Waals surface area contributed by atoms with E-state index in [0.29, 0.717) is 32.0 Å². The number of tetrazole rings is 1. The molecule has 0 radical (unpaired) electrons. The molecule has 1 saturated heterocycles. The predicted octanol–water partition coefficient (Wildman–Crippen LogP) is 1.23. The lowest BCUT2D eigenvalue weighted by atomic mass is 9.89. The Kier molecular flexibility index (Phi) is 5.51. The average molecular weight is 400 g/mol. The highest BCUT2D eigenvalue weighted by atomic mass is 16.5. The molecule has 9 heteroatoms. The molecular formula is C20H28N6O3. The highest BCUT2D eigenvalue weighted by Crippen LogP contribution is 2.39. The number of fused-ring (bicyclic) bond motifs is 1. The van der Waals surface area contributed by atoms with E-state index in [4.69, 9.17) is 9.47 Å². The standard InChI is InChI=1S/C20H28N6O3/c1-14-4-5-17-15(10-14)16(11-20(2,3)29-17)21-19(27)13-26-18(22-23-24-26)12-25-6-8-28-9-7-25/h4-5,10,16H,6-9,11-13H2,1-3H3,(H,21,27). The second-order valence-electron chi connectivity index (χ2n) is 8.37. The van der Waals surface area contributed by atoms with Gasteiger partial charge in [0.2, 0.25) is 5.91 Å². The Labute approximate surface area is 170 Å². The van der Waals surface area contributed by atoms with Crippen LogP contribution in [0.4, 0.5) is 0 Å². The summed E-state index contributed by atoms with van der Waals surface area (Å²) >= 11 is 0. The minimum absolute atomic E-state index is 0.0889. The molecule has 0 aliphatic carbocycles. The quantitative estimate of drug-likeness (QED) is 0.807. The Hall–Kier alpha value is -2.52. The van der Waals surface area contributed by atoms with Crippen LogP contribution in [0.15, 0.2) is 18.2 Å². The maximum absolute atomic E-state index is 12.8. The van der Waals surface area contributed by atoms with Crippen LogP contribution in [0.3, 0.4) is 0 Å². The number of aryl methyl sites for hydroxylation is 1. The Morgan fingerprint density at radius 2 is 2.10 bits per heavy atom. The first kappa shape index (κ1) is 19.8. The fourth-order valence-corrected chi connectivity index (χ4v) is 3.90. The van der Waals surface area contributed by atoms with Crippen LogP contribution >= 0.6 is 0 Å². The smallest absolute Gasteiger partial charge is 0.242 e. The molecule has 0 spiro atoms. The first-order valence-electron chi connectivity index (χ1n) is 10.0. The summed E-state index contributed by atoms with van der Waals surface area (Å²) in [5, 5.41) is 15.0. The van der Waals surface area contributed by atoms with Crippen molar-refractivity contribution in [1.29, 1.82) is 0 Å². The van der Waals surface area contributed by atoms with Crippen LogP contribution in [0.2, 0.25) is 0 Å². The van der Waals surface area contributed by atoms with Crippen LogP contribution in [-0.2, 0) is 22.6 Å². The number of hydrogen-bond acceptors (Lipinski definition) is 7. The Bertz CT molecular complexity index is 875. The third-order valence-electron chi connectivity index (χ3n) is 5.33. The predicted molar refractivity (Wildman–Crippen MR) is 105 cm³/mol. The lowest BCUT2D eigenvalue weighted by molar-refractivity contribution is -0.123. The maximum atomic E-state index is 12.8. The van der Waals surface area contributed by atoms with Gasteiger partial charge in [-0.1, -0.05) is 17.7 Å². The van der Waals surface area contributed by atoms with Crippen LogP contribution in [0.5, 0.6) is 5.75 Å². The van der Waals surface area contributed by atoms with Crippen molar-refractivity contribution < 1.29 is 14.3 Å². The van der Waals surface area contributed by atoms with Gasteiger partial charge in [-0.2, -0.15) is 0 Å². The van der Waals surface area contributed by atoms with E-state index in [0.717, 1.165) is 30.0 Å². The van der Waals surface area contributed by atoms with Gasteiger partial charge in [-0.15, -0.1) is 5.10 Å². The van der Waals surface area contributed by atoms with Gasteiger partial charge in [-0.05, 0) is 37.3 Å². The Morgan fingerprint density at radius 3 is 2.90 bits per heavy atom. The highest BCUT2D eigenvalue weighted by molar-refractivity contribution is 5.76. The van der Waals surface area contributed by atoms with E-state index in [1.165, 1.54) is 0 Å². The summed E-state index contributed by atoms with van der Waals surface area (Å²) in [6.07, 6.45) is 0.700. The number of benzene rings is 1. The van der Waals surface area contributed by atoms with Gasteiger partial charge >= 0.3 is 0 Å². The summed E-state index contributed by atoms with van der Waals surface area (Å²) < 4.78 is 13.0. The van der Waals surface area contributed by atoms with E-state index in [1.807, 2.05) is 32.9 Å². The molecule has 1 atom stereocenters. The molecule has 4 rings (SSSR count). The van der Waals surface area contributed by atoms with Gasteiger partial charge < -0.3 is 14.8 Å². The van der Waals surface area contributed by atoms with Gasteiger partial charge in [0.05, 0.1) is 25.8 Å². The number of nitrogens with zero attached hydrogens (tertiary/aromatic N) is 5. The number of rotatable bonds is 5. The zero-order valence-corrected chi connectivity index (χ0v) is 17.2. The van der Waals surface area contributed by atoms with Crippen LogP contribution in [-0.4, -0.2) is 62.9 Å². The van der Waals surface area contributed by atoms with Crippen molar-refractivity contribution in [2.45, 2.75) is 51.9 Å². The van der Waals surface area contributed by atoms with Crippen LogP contribution in [0.25, 0.3) is 0 Å². The highest BCUT2D eigenvalue weighted by Gasteiger charge is 2.34. The topological polar surface area (TPSA) is 94.4 Å². The normalized spacial score (nSPS) is 21.3. The number of aromatic nitrogens is 4. The molecule has 2 aromatic rings. The molecular weight excluding hydrogens is 372 g/mol. The summed E-state index contributed by atoms with van der Waals surface area (Å²) in [5.41, 5.74) is 1.80. The minimum atomic E-state index is -0.351. The summed E-state index contributed by atoms with van der Waals surface area (Å²) in [5.74, 6) is 1.40. The first-order valence-corrected chi connectivity index (χ1v) is 10.0. The van der Waals surface area contributed by atoms with Crippen molar-refractivity contribution in [3.05, 3.63) is 35.2 Å². The van der Waals surface area contributed by atoms with E-state index in [-0.39, 0.29) is 24.1 Å². The summed E-state index contributed by atoms with van der Waals surface area (Å²) in [4.78, 5) is 15.1. The van der Waals surface area contributed by atoms with Gasteiger partial charge in [-0.3, -0.25) is 9.69 Å². The molecule has 9 nitrogen and oxygen atoms in total. The number of hydrogen-bond donors (Lipinski definition) is 1. The largest absolute Gasteiger partial charge is 0.487 e. The fraction of sp³-hybridized carbons (Fsp3) is 0.600. The van der Waals surface area contributed by atoms with E-state index < -0.39 is 0 Å². The van der Waals surface area contributed by atoms with Crippen molar-refractivity contribution >= 4 is 5.91 Å². The SMILES string of the molecule is Cc1ccc2c(c1)C(NC(=O)Cn1nnnc1CN1CCOCC1)CC(C)(C)O2. The van der Waals surface area contributed by atoms with Crippen LogP contribution in [0.1, 0.15) is 43.3 Å². The second kappa shape index (κ2) is 8.08. The van der Waals surface area contributed by atoms with Crippen molar-refractivity contribution in [3.8, 4) is 5.75 Å². The summed E-state index contributed by atoms with van der Waals surface area (Å²) in [7, 11) is 0.